The molecule has 0 saturated carbocycles. The molecule has 1 N–H and O–H groups in total. The molecule has 0 bridgehead atoms. The normalized spacial score (nSPS) is 11.1. The van der Waals surface area contributed by atoms with Crippen LogP contribution in [0.15, 0.2) is 17.6 Å². The number of aryl methyl sites for hydroxylation is 1. The number of aliphatic hydroxyl groups is 1. The Labute approximate surface area is 90.0 Å². The van der Waals surface area contributed by atoms with Gasteiger partial charge >= 0.3 is 0 Å². The van der Waals surface area contributed by atoms with Gasteiger partial charge in [0.15, 0.2) is 0 Å². The second kappa shape index (κ2) is 5.46. The Morgan fingerprint density at radius 3 is 2.87 bits per heavy atom. The van der Waals surface area contributed by atoms with Crippen molar-refractivity contribution in [2.45, 2.75) is 20.4 Å². The molecule has 0 atom stereocenters. The number of allylic oxidation sites excluding steroid dienone is 1. The van der Waals surface area contributed by atoms with E-state index in [0.29, 0.717) is 13.1 Å². The molecule has 4 nitrogen and oxygen atoms in total. The molecule has 0 saturated heterocycles. The van der Waals surface area contributed by atoms with Crippen LogP contribution in [0.25, 0.3) is 0 Å². The monoisotopic (exact) mass is 207 g/mol. The molecule has 1 rings (SSSR count). The predicted octanol–water partition coefficient (Wildman–Crippen LogP) is 1.10. The van der Waals surface area contributed by atoms with Crippen molar-refractivity contribution in [2.24, 2.45) is 4.99 Å². The van der Waals surface area contributed by atoms with E-state index in [2.05, 4.69) is 16.7 Å². The minimum Gasteiger partial charge on any atom is -0.394 e. The van der Waals surface area contributed by atoms with Crippen molar-refractivity contribution in [3.63, 3.8) is 0 Å². The summed E-state index contributed by atoms with van der Waals surface area (Å²) >= 11 is 0. The van der Waals surface area contributed by atoms with Gasteiger partial charge in [0, 0.05) is 17.5 Å². The van der Waals surface area contributed by atoms with Crippen molar-refractivity contribution in [1.29, 1.82) is 0 Å². The van der Waals surface area contributed by atoms with Crippen LogP contribution in [0.2, 0.25) is 0 Å². The lowest BCUT2D eigenvalue weighted by Crippen LogP contribution is -2.00. The predicted molar refractivity (Wildman–Crippen MR) is 61.4 cm³/mol. The van der Waals surface area contributed by atoms with Gasteiger partial charge in [-0.25, -0.2) is 0 Å². The van der Waals surface area contributed by atoms with Crippen LogP contribution >= 0.6 is 0 Å². The lowest BCUT2D eigenvalue weighted by atomic mass is 10.2. The number of hydrogen-bond acceptors (Lipinski definition) is 3. The molecule has 0 amide bonds. The van der Waals surface area contributed by atoms with E-state index in [9.17, 15) is 0 Å². The molecule has 1 aromatic rings. The third-order valence-electron chi connectivity index (χ3n) is 2.19. The molecule has 0 aliphatic rings. The first-order chi connectivity index (χ1) is 7.20. The van der Waals surface area contributed by atoms with E-state index in [-0.39, 0.29) is 6.61 Å². The minimum absolute atomic E-state index is 0.0788. The maximum Gasteiger partial charge on any atom is 0.0684 e. The number of nitrogens with zero attached hydrogens (tertiary/aromatic N) is 3. The van der Waals surface area contributed by atoms with Crippen LogP contribution in [0.1, 0.15) is 17.0 Å². The summed E-state index contributed by atoms with van der Waals surface area (Å²) in [6.45, 7) is 8.86. The summed E-state index contributed by atoms with van der Waals surface area (Å²) < 4.78 is 1.89. The number of aliphatic imine (C=N–C) groups is 1. The fourth-order valence-corrected chi connectivity index (χ4v) is 1.41. The van der Waals surface area contributed by atoms with Gasteiger partial charge in [0.05, 0.1) is 25.4 Å². The van der Waals surface area contributed by atoms with Crippen molar-refractivity contribution < 1.29 is 5.11 Å². The van der Waals surface area contributed by atoms with E-state index >= 15 is 0 Å². The van der Waals surface area contributed by atoms with Crippen molar-refractivity contribution in [1.82, 2.24) is 9.78 Å². The SMILES string of the molecule is C=CCn1nc(C)c(C=NCCO)c1C. The largest absolute Gasteiger partial charge is 0.394 e. The molecule has 0 unspecified atom stereocenters. The molecule has 0 aliphatic heterocycles. The van der Waals surface area contributed by atoms with Crippen LogP contribution in [0.3, 0.4) is 0 Å². The summed E-state index contributed by atoms with van der Waals surface area (Å²) in [6, 6.07) is 0. The van der Waals surface area contributed by atoms with Gasteiger partial charge in [0.2, 0.25) is 0 Å². The maximum atomic E-state index is 8.62. The summed E-state index contributed by atoms with van der Waals surface area (Å²) in [6.07, 6.45) is 3.58. The fourth-order valence-electron chi connectivity index (χ4n) is 1.41. The van der Waals surface area contributed by atoms with Gasteiger partial charge in [-0.15, -0.1) is 6.58 Å². The van der Waals surface area contributed by atoms with Crippen molar-refractivity contribution in [3.8, 4) is 0 Å². The van der Waals surface area contributed by atoms with Crippen LogP contribution in [-0.4, -0.2) is 34.3 Å². The topological polar surface area (TPSA) is 50.4 Å². The van der Waals surface area contributed by atoms with Gasteiger partial charge in [0.25, 0.3) is 0 Å². The zero-order valence-electron chi connectivity index (χ0n) is 9.27. The van der Waals surface area contributed by atoms with Crippen molar-refractivity contribution in [3.05, 3.63) is 29.6 Å². The fraction of sp³-hybridized carbons (Fsp3) is 0.455. The molecule has 15 heavy (non-hydrogen) atoms. The van der Waals surface area contributed by atoms with Crippen LogP contribution in [-0.2, 0) is 6.54 Å². The molecule has 0 spiro atoms. The molecular weight excluding hydrogens is 190 g/mol. The molecule has 0 fully saturated rings. The Balaban J connectivity index is 2.92. The third kappa shape index (κ3) is 2.76. The Morgan fingerprint density at radius 1 is 1.53 bits per heavy atom. The van der Waals surface area contributed by atoms with Gasteiger partial charge in [-0.3, -0.25) is 9.67 Å². The number of aromatic nitrogens is 2. The Morgan fingerprint density at radius 2 is 2.27 bits per heavy atom. The molecular formula is C11H17N3O. The molecule has 0 radical (unpaired) electrons. The van der Waals surface area contributed by atoms with Crippen LogP contribution in [0.4, 0.5) is 0 Å². The molecule has 1 aromatic heterocycles. The quantitative estimate of drug-likeness (QED) is 0.580. The average molecular weight is 207 g/mol. The second-order valence-corrected chi connectivity index (χ2v) is 3.31. The van der Waals surface area contributed by atoms with Crippen LogP contribution < -0.4 is 0 Å². The minimum atomic E-state index is 0.0788. The lowest BCUT2D eigenvalue weighted by Gasteiger charge is -1.98. The summed E-state index contributed by atoms with van der Waals surface area (Å²) in [7, 11) is 0. The van der Waals surface area contributed by atoms with E-state index in [1.165, 1.54) is 0 Å². The van der Waals surface area contributed by atoms with Gasteiger partial charge in [-0.1, -0.05) is 6.08 Å². The van der Waals surface area contributed by atoms with Gasteiger partial charge < -0.3 is 5.11 Å². The smallest absolute Gasteiger partial charge is 0.0684 e. The Hall–Kier alpha value is -1.42. The van der Waals surface area contributed by atoms with Crippen molar-refractivity contribution in [2.75, 3.05) is 13.2 Å². The Bertz CT molecular complexity index is 366. The molecule has 0 aliphatic carbocycles. The average Bonchev–Trinajstić information content (AvgIpc) is 2.46. The summed E-state index contributed by atoms with van der Waals surface area (Å²) in [5.74, 6) is 0. The third-order valence-corrected chi connectivity index (χ3v) is 2.19. The Kier molecular flexibility index (Phi) is 4.24. The standard InChI is InChI=1S/C11H17N3O/c1-4-6-14-10(3)11(9(2)13-14)8-12-5-7-15/h4,8,15H,1,5-7H2,2-3H3. The van der Waals surface area contributed by atoms with Gasteiger partial charge in [-0.2, -0.15) is 5.10 Å². The lowest BCUT2D eigenvalue weighted by molar-refractivity contribution is 0.307. The first-order valence-electron chi connectivity index (χ1n) is 4.96. The molecule has 82 valence electrons. The van der Waals surface area contributed by atoms with E-state index in [1.54, 1.807) is 6.21 Å². The number of rotatable bonds is 5. The first-order valence-corrected chi connectivity index (χ1v) is 4.96. The zero-order valence-corrected chi connectivity index (χ0v) is 9.27. The van der Waals surface area contributed by atoms with Crippen LogP contribution in [0.5, 0.6) is 0 Å². The number of aliphatic hydroxyl groups excluding tert-OH is 1. The number of hydrogen-bond donors (Lipinski definition) is 1. The highest BCUT2D eigenvalue weighted by Gasteiger charge is 2.07. The highest BCUT2D eigenvalue weighted by atomic mass is 16.3. The van der Waals surface area contributed by atoms with E-state index in [0.717, 1.165) is 17.0 Å². The second-order valence-electron chi connectivity index (χ2n) is 3.31. The van der Waals surface area contributed by atoms with Crippen LogP contribution in [0, 0.1) is 13.8 Å². The highest BCUT2D eigenvalue weighted by Crippen LogP contribution is 2.10. The zero-order chi connectivity index (χ0) is 11.3. The summed E-state index contributed by atoms with van der Waals surface area (Å²) in [4.78, 5) is 4.10. The maximum absolute atomic E-state index is 8.62. The van der Waals surface area contributed by atoms with Gasteiger partial charge in [0.1, 0.15) is 0 Å². The summed E-state index contributed by atoms with van der Waals surface area (Å²) in [5.41, 5.74) is 3.07. The van der Waals surface area contributed by atoms with Crippen molar-refractivity contribution >= 4 is 6.21 Å². The van der Waals surface area contributed by atoms with Gasteiger partial charge in [-0.05, 0) is 13.8 Å². The van der Waals surface area contributed by atoms with E-state index in [1.807, 2.05) is 24.6 Å². The first kappa shape index (κ1) is 11.7. The van der Waals surface area contributed by atoms with E-state index < -0.39 is 0 Å². The highest BCUT2D eigenvalue weighted by molar-refractivity contribution is 5.82. The molecule has 4 heteroatoms. The molecule has 1 heterocycles. The molecule has 0 aromatic carbocycles. The summed E-state index contributed by atoms with van der Waals surface area (Å²) in [5, 5.41) is 13.0. The van der Waals surface area contributed by atoms with E-state index in [4.69, 9.17) is 5.11 Å².